The van der Waals surface area contributed by atoms with Crippen molar-refractivity contribution >= 4 is 11.4 Å². The molecule has 130 valence electrons. The first-order valence-corrected chi connectivity index (χ1v) is 8.43. The maximum atomic E-state index is 10.7. The highest BCUT2D eigenvalue weighted by atomic mass is 16.6. The van der Waals surface area contributed by atoms with Crippen LogP contribution in [0.4, 0.5) is 5.69 Å². The lowest BCUT2D eigenvalue weighted by Crippen LogP contribution is -2.43. The molecule has 6 nitrogen and oxygen atoms in total. The third-order valence-electron chi connectivity index (χ3n) is 4.39. The molecule has 0 unspecified atom stereocenters. The van der Waals surface area contributed by atoms with Crippen molar-refractivity contribution in [1.29, 1.82) is 0 Å². The molecule has 0 spiro atoms. The molecule has 0 saturated carbocycles. The highest BCUT2D eigenvalue weighted by molar-refractivity contribution is 5.98. The van der Waals surface area contributed by atoms with E-state index < -0.39 is 0 Å². The Balaban J connectivity index is 1.55. The zero-order valence-corrected chi connectivity index (χ0v) is 14.3. The number of nitrogens with zero attached hydrogens (tertiary/aromatic N) is 4. The van der Waals surface area contributed by atoms with Gasteiger partial charge in [-0.05, 0) is 30.2 Å². The van der Waals surface area contributed by atoms with Crippen LogP contribution in [0.5, 0.6) is 0 Å². The van der Waals surface area contributed by atoms with Crippen LogP contribution in [-0.2, 0) is 6.54 Å². The first-order chi connectivity index (χ1) is 12.1. The van der Waals surface area contributed by atoms with Crippen LogP contribution < -0.4 is 0 Å². The van der Waals surface area contributed by atoms with Gasteiger partial charge in [0.25, 0.3) is 5.69 Å². The topological polar surface area (TPSA) is 62.0 Å². The highest BCUT2D eigenvalue weighted by Crippen LogP contribution is 2.14. The molecule has 0 aliphatic carbocycles. The third-order valence-corrected chi connectivity index (χ3v) is 4.39. The van der Waals surface area contributed by atoms with Gasteiger partial charge in [-0.1, -0.05) is 30.3 Å². The molecule has 1 aliphatic heterocycles. The summed E-state index contributed by atoms with van der Waals surface area (Å²) < 4.78 is 0. The van der Waals surface area contributed by atoms with Gasteiger partial charge in [-0.3, -0.25) is 20.0 Å². The van der Waals surface area contributed by atoms with E-state index in [0.717, 1.165) is 44.0 Å². The molecule has 0 N–H and O–H groups in total. The molecule has 25 heavy (non-hydrogen) atoms. The molecule has 3 rings (SSSR count). The summed E-state index contributed by atoms with van der Waals surface area (Å²) in [5.74, 6) is 0. The Labute approximate surface area is 147 Å². The van der Waals surface area contributed by atoms with Gasteiger partial charge in [0.15, 0.2) is 0 Å². The Bertz CT molecular complexity index is 736. The number of piperazine rings is 1. The molecule has 1 heterocycles. The van der Waals surface area contributed by atoms with Crippen molar-refractivity contribution in [2.75, 3.05) is 26.2 Å². The monoisotopic (exact) mass is 338 g/mol. The lowest BCUT2D eigenvalue weighted by Gasteiger charge is -2.33. The van der Waals surface area contributed by atoms with Gasteiger partial charge in [-0.25, -0.2) is 0 Å². The lowest BCUT2D eigenvalue weighted by atomic mass is 10.1. The Morgan fingerprint density at radius 2 is 1.68 bits per heavy atom. The van der Waals surface area contributed by atoms with Crippen LogP contribution >= 0.6 is 0 Å². The number of hydrogen-bond donors (Lipinski definition) is 0. The molecule has 2 aromatic carbocycles. The second kappa shape index (κ2) is 7.90. The van der Waals surface area contributed by atoms with Gasteiger partial charge in [0.05, 0.1) is 10.6 Å². The predicted molar refractivity (Wildman–Crippen MR) is 98.6 cm³/mol. The standard InChI is InChI=1S/C19H22N4O2/c1-16(18-7-9-19(10-8-18)23(24)25)20-22-13-11-21(12-14-22)15-17-5-3-2-4-6-17/h2-10H,11-15H2,1H3/b20-16+. The summed E-state index contributed by atoms with van der Waals surface area (Å²) in [6.07, 6.45) is 0. The minimum atomic E-state index is -0.387. The fourth-order valence-corrected chi connectivity index (χ4v) is 2.93. The van der Waals surface area contributed by atoms with Gasteiger partial charge in [-0.2, -0.15) is 5.10 Å². The second-order valence-electron chi connectivity index (χ2n) is 6.20. The molecule has 2 aromatic rings. The van der Waals surface area contributed by atoms with E-state index in [1.54, 1.807) is 12.1 Å². The smallest absolute Gasteiger partial charge is 0.269 e. The molecule has 0 aromatic heterocycles. The first kappa shape index (κ1) is 17.1. The van der Waals surface area contributed by atoms with Gasteiger partial charge in [0, 0.05) is 44.9 Å². The van der Waals surface area contributed by atoms with Gasteiger partial charge >= 0.3 is 0 Å². The molecule has 0 atom stereocenters. The molecular weight excluding hydrogens is 316 g/mol. The van der Waals surface area contributed by atoms with Crippen LogP contribution in [0.15, 0.2) is 59.7 Å². The van der Waals surface area contributed by atoms with Crippen molar-refractivity contribution < 1.29 is 4.92 Å². The summed E-state index contributed by atoms with van der Waals surface area (Å²) in [6.45, 7) is 6.64. The van der Waals surface area contributed by atoms with E-state index in [0.29, 0.717) is 0 Å². The van der Waals surface area contributed by atoms with Gasteiger partial charge in [0.2, 0.25) is 0 Å². The van der Waals surface area contributed by atoms with Crippen molar-refractivity contribution in [2.24, 2.45) is 5.10 Å². The number of benzene rings is 2. The SMILES string of the molecule is C/C(=N\N1CCN(Cc2ccccc2)CC1)c1ccc([N+](=O)[O-])cc1. The predicted octanol–water partition coefficient (Wildman–Crippen LogP) is 3.14. The molecule has 1 aliphatic rings. The van der Waals surface area contributed by atoms with E-state index in [-0.39, 0.29) is 10.6 Å². The average Bonchev–Trinajstić information content (AvgIpc) is 2.64. The Morgan fingerprint density at radius 1 is 1.04 bits per heavy atom. The summed E-state index contributed by atoms with van der Waals surface area (Å²) in [7, 11) is 0. The molecule has 1 fully saturated rings. The van der Waals surface area contributed by atoms with E-state index in [2.05, 4.69) is 39.3 Å². The van der Waals surface area contributed by atoms with Crippen molar-refractivity contribution in [1.82, 2.24) is 9.91 Å². The minimum absolute atomic E-state index is 0.103. The molecule has 0 amide bonds. The molecule has 1 saturated heterocycles. The van der Waals surface area contributed by atoms with Gasteiger partial charge < -0.3 is 0 Å². The third kappa shape index (κ3) is 4.64. The second-order valence-corrected chi connectivity index (χ2v) is 6.20. The van der Waals surface area contributed by atoms with E-state index >= 15 is 0 Å². The Kier molecular flexibility index (Phi) is 5.40. The summed E-state index contributed by atoms with van der Waals surface area (Å²) in [5.41, 5.74) is 3.23. The van der Waals surface area contributed by atoms with Crippen LogP contribution in [0, 0.1) is 10.1 Å². The molecule has 0 radical (unpaired) electrons. The first-order valence-electron chi connectivity index (χ1n) is 8.43. The van der Waals surface area contributed by atoms with Crippen LogP contribution in [0.25, 0.3) is 0 Å². The lowest BCUT2D eigenvalue weighted by molar-refractivity contribution is -0.384. The zero-order valence-electron chi connectivity index (χ0n) is 14.3. The number of non-ortho nitro benzene ring substituents is 1. The van der Waals surface area contributed by atoms with Crippen LogP contribution in [0.1, 0.15) is 18.1 Å². The minimum Gasteiger partial charge on any atom is -0.295 e. The number of nitro benzene ring substituents is 1. The summed E-state index contributed by atoms with van der Waals surface area (Å²) in [6, 6.07) is 17.0. The number of hydrogen-bond acceptors (Lipinski definition) is 5. The van der Waals surface area contributed by atoms with E-state index in [4.69, 9.17) is 0 Å². The average molecular weight is 338 g/mol. The van der Waals surface area contributed by atoms with E-state index in [1.165, 1.54) is 17.7 Å². The molecule has 6 heteroatoms. The summed E-state index contributed by atoms with van der Waals surface area (Å²) in [5, 5.41) is 17.5. The summed E-state index contributed by atoms with van der Waals surface area (Å²) in [4.78, 5) is 12.8. The highest BCUT2D eigenvalue weighted by Gasteiger charge is 2.16. The maximum absolute atomic E-state index is 10.7. The fourth-order valence-electron chi connectivity index (χ4n) is 2.93. The normalized spacial score (nSPS) is 16.0. The fraction of sp³-hybridized carbons (Fsp3) is 0.316. The van der Waals surface area contributed by atoms with E-state index in [9.17, 15) is 10.1 Å². The Hall–Kier alpha value is -2.73. The van der Waals surface area contributed by atoms with Crippen molar-refractivity contribution in [3.63, 3.8) is 0 Å². The quantitative estimate of drug-likeness (QED) is 0.477. The van der Waals surface area contributed by atoms with Gasteiger partial charge in [-0.15, -0.1) is 0 Å². The number of hydrazone groups is 1. The number of rotatable bonds is 5. The molecular formula is C19H22N4O2. The van der Waals surface area contributed by atoms with Gasteiger partial charge in [0.1, 0.15) is 0 Å². The van der Waals surface area contributed by atoms with Crippen molar-refractivity contribution in [3.05, 3.63) is 75.8 Å². The van der Waals surface area contributed by atoms with E-state index in [1.807, 2.05) is 13.0 Å². The zero-order chi connectivity index (χ0) is 17.6. The van der Waals surface area contributed by atoms with Crippen LogP contribution in [-0.4, -0.2) is 46.7 Å². The Morgan fingerprint density at radius 3 is 2.28 bits per heavy atom. The van der Waals surface area contributed by atoms with Crippen molar-refractivity contribution in [3.8, 4) is 0 Å². The number of nitro groups is 1. The van der Waals surface area contributed by atoms with Crippen LogP contribution in [0.2, 0.25) is 0 Å². The molecule has 0 bridgehead atoms. The van der Waals surface area contributed by atoms with Crippen molar-refractivity contribution in [2.45, 2.75) is 13.5 Å². The largest absolute Gasteiger partial charge is 0.295 e. The maximum Gasteiger partial charge on any atom is 0.269 e. The van der Waals surface area contributed by atoms with Crippen LogP contribution in [0.3, 0.4) is 0 Å². The summed E-state index contributed by atoms with van der Waals surface area (Å²) >= 11 is 0.